The zero-order valence-corrected chi connectivity index (χ0v) is 9.88. The number of carbonyl (C=O) groups is 1. The Kier molecular flexibility index (Phi) is 5.19. The minimum absolute atomic E-state index is 0.0440. The number of amides is 1. The highest BCUT2D eigenvalue weighted by Crippen LogP contribution is 2.25. The largest absolute Gasteiger partial charge is 0.504 e. The maximum atomic E-state index is 10.9. The topological polar surface area (TPSA) is 94.7 Å². The highest BCUT2D eigenvalue weighted by molar-refractivity contribution is 5.83. The maximum Gasteiger partial charge on any atom is 0.254 e. The summed E-state index contributed by atoms with van der Waals surface area (Å²) in [4.78, 5) is 10.9. The number of carbonyl (C=O) groups excluding carboxylic acids is 1. The standard InChI is InChI=1S/C12H13N3O3/c1-2-18-11-7-9(3-4-10(11)16)8-14-15-12(17)5-6-13/h3-4,7-8,16H,2,5H2,1H3,(H,15,17)/b14-8+. The summed E-state index contributed by atoms with van der Waals surface area (Å²) in [6.07, 6.45) is 1.16. The van der Waals surface area contributed by atoms with Crippen LogP contribution in [-0.2, 0) is 4.79 Å². The maximum absolute atomic E-state index is 10.9. The molecule has 1 amide bonds. The van der Waals surface area contributed by atoms with Gasteiger partial charge in [0.05, 0.1) is 18.9 Å². The molecule has 0 heterocycles. The van der Waals surface area contributed by atoms with Crippen molar-refractivity contribution in [2.75, 3.05) is 6.61 Å². The summed E-state index contributed by atoms with van der Waals surface area (Å²) in [5.41, 5.74) is 2.86. The van der Waals surface area contributed by atoms with Gasteiger partial charge >= 0.3 is 0 Å². The summed E-state index contributed by atoms with van der Waals surface area (Å²) in [5.74, 6) is -0.0788. The fourth-order valence-electron chi connectivity index (χ4n) is 1.17. The minimum atomic E-state index is -0.474. The number of hydrogen-bond donors (Lipinski definition) is 2. The van der Waals surface area contributed by atoms with Crippen LogP contribution in [0.3, 0.4) is 0 Å². The van der Waals surface area contributed by atoms with Gasteiger partial charge in [0, 0.05) is 0 Å². The second-order valence-corrected chi connectivity index (χ2v) is 3.29. The molecule has 0 fully saturated rings. The molecule has 0 unspecified atom stereocenters. The molecule has 0 aliphatic carbocycles. The molecule has 0 saturated carbocycles. The lowest BCUT2D eigenvalue weighted by molar-refractivity contribution is -0.120. The lowest BCUT2D eigenvalue weighted by atomic mass is 10.2. The van der Waals surface area contributed by atoms with Crippen LogP contribution >= 0.6 is 0 Å². The number of nitriles is 1. The van der Waals surface area contributed by atoms with E-state index in [1.165, 1.54) is 12.3 Å². The van der Waals surface area contributed by atoms with Crippen molar-refractivity contribution >= 4 is 12.1 Å². The van der Waals surface area contributed by atoms with Gasteiger partial charge in [-0.25, -0.2) is 5.43 Å². The molecule has 94 valence electrons. The molecule has 0 radical (unpaired) electrons. The number of benzene rings is 1. The Morgan fingerprint density at radius 1 is 1.67 bits per heavy atom. The molecular formula is C12H13N3O3. The molecule has 0 aliphatic rings. The van der Waals surface area contributed by atoms with E-state index in [0.29, 0.717) is 17.9 Å². The van der Waals surface area contributed by atoms with Gasteiger partial charge in [-0.1, -0.05) is 0 Å². The number of phenols is 1. The summed E-state index contributed by atoms with van der Waals surface area (Å²) in [7, 11) is 0. The third kappa shape index (κ3) is 4.14. The highest BCUT2D eigenvalue weighted by atomic mass is 16.5. The SMILES string of the molecule is CCOc1cc(/C=N/NC(=O)CC#N)ccc1O. The lowest BCUT2D eigenvalue weighted by Crippen LogP contribution is -2.16. The Balaban J connectivity index is 2.67. The van der Waals surface area contributed by atoms with Gasteiger partial charge in [0.15, 0.2) is 11.5 Å². The molecule has 6 heteroatoms. The number of nitrogens with one attached hydrogen (secondary N) is 1. The first-order valence-electron chi connectivity index (χ1n) is 5.32. The number of ether oxygens (including phenoxy) is 1. The van der Waals surface area contributed by atoms with E-state index < -0.39 is 5.91 Å². The molecule has 1 rings (SSSR count). The van der Waals surface area contributed by atoms with Crippen LogP contribution in [0.15, 0.2) is 23.3 Å². The van der Waals surface area contributed by atoms with E-state index in [1.807, 2.05) is 6.92 Å². The van der Waals surface area contributed by atoms with Gasteiger partial charge in [-0.2, -0.15) is 10.4 Å². The monoisotopic (exact) mass is 247 g/mol. The van der Waals surface area contributed by atoms with Crippen molar-refractivity contribution in [3.05, 3.63) is 23.8 Å². The van der Waals surface area contributed by atoms with Crippen LogP contribution < -0.4 is 10.2 Å². The number of hydrazone groups is 1. The van der Waals surface area contributed by atoms with Crippen LogP contribution in [0.25, 0.3) is 0 Å². The first kappa shape index (κ1) is 13.5. The molecule has 0 spiro atoms. The van der Waals surface area contributed by atoms with Gasteiger partial charge in [-0.3, -0.25) is 4.79 Å². The van der Waals surface area contributed by atoms with Gasteiger partial charge in [-0.15, -0.1) is 0 Å². The highest BCUT2D eigenvalue weighted by Gasteiger charge is 2.02. The van der Waals surface area contributed by atoms with Crippen LogP contribution in [-0.4, -0.2) is 23.8 Å². The minimum Gasteiger partial charge on any atom is -0.504 e. The smallest absolute Gasteiger partial charge is 0.254 e. The summed E-state index contributed by atoms with van der Waals surface area (Å²) in [5, 5.41) is 21.4. The van der Waals surface area contributed by atoms with Crippen molar-refractivity contribution in [2.45, 2.75) is 13.3 Å². The lowest BCUT2D eigenvalue weighted by Gasteiger charge is -2.05. The Morgan fingerprint density at radius 3 is 3.11 bits per heavy atom. The summed E-state index contributed by atoms with van der Waals surface area (Å²) >= 11 is 0. The fourth-order valence-corrected chi connectivity index (χ4v) is 1.17. The first-order chi connectivity index (χ1) is 8.67. The average molecular weight is 247 g/mol. The van der Waals surface area contributed by atoms with Crippen LogP contribution in [0.5, 0.6) is 11.5 Å². The van der Waals surface area contributed by atoms with E-state index in [4.69, 9.17) is 10.00 Å². The molecule has 1 aromatic carbocycles. The van der Waals surface area contributed by atoms with Crippen molar-refractivity contribution < 1.29 is 14.6 Å². The molecule has 6 nitrogen and oxygen atoms in total. The second-order valence-electron chi connectivity index (χ2n) is 3.29. The van der Waals surface area contributed by atoms with E-state index in [-0.39, 0.29) is 12.2 Å². The third-order valence-electron chi connectivity index (χ3n) is 1.93. The van der Waals surface area contributed by atoms with Crippen molar-refractivity contribution in [3.8, 4) is 17.6 Å². The number of hydrogen-bond acceptors (Lipinski definition) is 5. The van der Waals surface area contributed by atoms with E-state index in [2.05, 4.69) is 10.5 Å². The van der Waals surface area contributed by atoms with Gasteiger partial charge in [-0.05, 0) is 30.7 Å². The Bertz CT molecular complexity index is 492. The summed E-state index contributed by atoms with van der Waals surface area (Å²) < 4.78 is 5.20. The zero-order valence-electron chi connectivity index (χ0n) is 9.88. The van der Waals surface area contributed by atoms with Gasteiger partial charge in [0.25, 0.3) is 5.91 Å². The molecule has 0 atom stereocenters. The molecule has 0 aliphatic heterocycles. The van der Waals surface area contributed by atoms with Crippen LogP contribution in [0.4, 0.5) is 0 Å². The van der Waals surface area contributed by atoms with Gasteiger partial charge < -0.3 is 9.84 Å². The number of aromatic hydroxyl groups is 1. The Morgan fingerprint density at radius 2 is 2.44 bits per heavy atom. The molecular weight excluding hydrogens is 234 g/mol. The number of rotatable bonds is 5. The molecule has 0 aromatic heterocycles. The van der Waals surface area contributed by atoms with E-state index >= 15 is 0 Å². The Hall–Kier alpha value is -2.55. The number of nitrogens with zero attached hydrogens (tertiary/aromatic N) is 2. The third-order valence-corrected chi connectivity index (χ3v) is 1.93. The number of phenolic OH excluding ortho intramolecular Hbond substituents is 1. The van der Waals surface area contributed by atoms with Crippen molar-refractivity contribution in [2.24, 2.45) is 5.10 Å². The fraction of sp³-hybridized carbons (Fsp3) is 0.250. The normalized spacial score (nSPS) is 10.0. The van der Waals surface area contributed by atoms with Crippen molar-refractivity contribution in [1.82, 2.24) is 5.43 Å². The molecule has 1 aromatic rings. The van der Waals surface area contributed by atoms with Crippen LogP contribution in [0.1, 0.15) is 18.9 Å². The average Bonchev–Trinajstić information content (AvgIpc) is 2.34. The molecule has 18 heavy (non-hydrogen) atoms. The van der Waals surface area contributed by atoms with Gasteiger partial charge in [0.2, 0.25) is 0 Å². The van der Waals surface area contributed by atoms with Gasteiger partial charge in [0.1, 0.15) is 6.42 Å². The molecule has 0 saturated heterocycles. The van der Waals surface area contributed by atoms with Crippen molar-refractivity contribution in [1.29, 1.82) is 5.26 Å². The molecule has 0 bridgehead atoms. The predicted molar refractivity (Wildman–Crippen MR) is 65.2 cm³/mol. The van der Waals surface area contributed by atoms with E-state index in [1.54, 1.807) is 18.2 Å². The first-order valence-corrected chi connectivity index (χ1v) is 5.32. The zero-order chi connectivity index (χ0) is 13.4. The van der Waals surface area contributed by atoms with Crippen LogP contribution in [0, 0.1) is 11.3 Å². The Labute approximate surface area is 104 Å². The summed E-state index contributed by atoms with van der Waals surface area (Å²) in [6, 6.07) is 6.40. The second kappa shape index (κ2) is 6.91. The van der Waals surface area contributed by atoms with E-state index in [0.717, 1.165) is 0 Å². The predicted octanol–water partition coefficient (Wildman–Crippen LogP) is 1.15. The van der Waals surface area contributed by atoms with E-state index in [9.17, 15) is 9.90 Å². The summed E-state index contributed by atoms with van der Waals surface area (Å²) in [6.45, 7) is 2.25. The van der Waals surface area contributed by atoms with Crippen molar-refractivity contribution in [3.63, 3.8) is 0 Å². The quantitative estimate of drug-likeness (QED) is 0.602. The molecule has 2 N–H and O–H groups in total. The van der Waals surface area contributed by atoms with Crippen LogP contribution in [0.2, 0.25) is 0 Å².